The number of halogens is 1. The average Bonchev–Trinajstić information content (AvgIpc) is 3.14. The first kappa shape index (κ1) is 24.7. The van der Waals surface area contributed by atoms with Crippen molar-refractivity contribution in [1.82, 2.24) is 15.1 Å². The minimum Gasteiger partial charge on any atom is -0.376 e. The van der Waals surface area contributed by atoms with Crippen LogP contribution in [0.3, 0.4) is 0 Å². The van der Waals surface area contributed by atoms with Crippen LogP contribution >= 0.6 is 24.0 Å². The first-order valence-corrected chi connectivity index (χ1v) is 11.3. The number of guanidine groups is 1. The molecule has 3 aliphatic rings. The van der Waals surface area contributed by atoms with Gasteiger partial charge in [0, 0.05) is 39.3 Å². The van der Waals surface area contributed by atoms with Gasteiger partial charge in [-0.05, 0) is 32.6 Å². The van der Waals surface area contributed by atoms with Crippen LogP contribution in [0.5, 0.6) is 0 Å². The number of carbonyl (C=O) groups excluding carboxylic acids is 1. The Morgan fingerprint density at radius 3 is 2.34 bits per heavy atom. The highest BCUT2D eigenvalue weighted by Crippen LogP contribution is 2.19. The van der Waals surface area contributed by atoms with Gasteiger partial charge in [0.15, 0.2) is 5.96 Å². The van der Waals surface area contributed by atoms with Gasteiger partial charge >= 0.3 is 0 Å². The van der Waals surface area contributed by atoms with Crippen molar-refractivity contribution < 1.29 is 14.3 Å². The number of amides is 1. The Labute approximate surface area is 193 Å². The van der Waals surface area contributed by atoms with Crippen molar-refractivity contribution in [3.63, 3.8) is 0 Å². The fraction of sp³-hybridized carbons (Fsp3) is 0.905. The zero-order chi connectivity index (χ0) is 19.6. The first-order chi connectivity index (χ1) is 13.8. The van der Waals surface area contributed by atoms with E-state index in [0.29, 0.717) is 19.3 Å². The van der Waals surface area contributed by atoms with Gasteiger partial charge in [-0.3, -0.25) is 9.79 Å². The molecule has 8 heteroatoms. The van der Waals surface area contributed by atoms with E-state index in [4.69, 9.17) is 14.5 Å². The summed E-state index contributed by atoms with van der Waals surface area (Å²) in [5, 5.41) is 3.39. The van der Waals surface area contributed by atoms with Gasteiger partial charge in [-0.15, -0.1) is 24.0 Å². The molecule has 0 radical (unpaired) electrons. The number of rotatable bonds is 6. The normalized spacial score (nSPS) is 24.2. The van der Waals surface area contributed by atoms with E-state index in [0.717, 1.165) is 58.1 Å². The Bertz CT molecular complexity index is 498. The Morgan fingerprint density at radius 1 is 1.03 bits per heavy atom. The number of aliphatic imine (C=N–C) groups is 1. The monoisotopic (exact) mass is 522 g/mol. The maximum Gasteiger partial charge on any atom is 0.251 e. The van der Waals surface area contributed by atoms with Crippen LogP contribution < -0.4 is 5.32 Å². The molecular weight excluding hydrogens is 483 g/mol. The highest BCUT2D eigenvalue weighted by molar-refractivity contribution is 14.0. The quantitative estimate of drug-likeness (QED) is 0.191. The number of ether oxygens (including phenoxy) is 2. The van der Waals surface area contributed by atoms with E-state index >= 15 is 0 Å². The third-order valence-corrected chi connectivity index (χ3v) is 5.94. The van der Waals surface area contributed by atoms with Gasteiger partial charge in [0.25, 0.3) is 5.91 Å². The second kappa shape index (κ2) is 13.6. The van der Waals surface area contributed by atoms with Crippen LogP contribution in [-0.2, 0) is 14.3 Å². The Balaban J connectivity index is 0.00000300. The van der Waals surface area contributed by atoms with E-state index < -0.39 is 0 Å². The summed E-state index contributed by atoms with van der Waals surface area (Å²) in [4.78, 5) is 21.5. The maximum absolute atomic E-state index is 12.5. The zero-order valence-corrected chi connectivity index (χ0v) is 20.3. The highest BCUT2D eigenvalue weighted by atomic mass is 127. The molecule has 1 amide bonds. The third-order valence-electron chi connectivity index (χ3n) is 5.94. The van der Waals surface area contributed by atoms with Crippen LogP contribution in [0, 0.1) is 0 Å². The molecule has 0 bridgehead atoms. The van der Waals surface area contributed by atoms with Crippen LogP contribution in [0.25, 0.3) is 0 Å². The molecule has 0 aromatic heterocycles. The summed E-state index contributed by atoms with van der Waals surface area (Å²) < 4.78 is 11.6. The van der Waals surface area contributed by atoms with Gasteiger partial charge in [-0.1, -0.05) is 25.7 Å². The molecule has 29 heavy (non-hydrogen) atoms. The topological polar surface area (TPSA) is 66.4 Å². The third kappa shape index (κ3) is 7.86. The molecule has 1 aliphatic carbocycles. The largest absolute Gasteiger partial charge is 0.376 e. The lowest BCUT2D eigenvalue weighted by Gasteiger charge is -2.37. The summed E-state index contributed by atoms with van der Waals surface area (Å²) >= 11 is 0. The maximum atomic E-state index is 12.5. The lowest BCUT2D eigenvalue weighted by molar-refractivity contribution is -0.142. The fourth-order valence-corrected chi connectivity index (χ4v) is 4.32. The molecule has 3 rings (SSSR count). The van der Waals surface area contributed by atoms with Crippen LogP contribution in [0.4, 0.5) is 0 Å². The molecule has 2 saturated heterocycles. The van der Waals surface area contributed by atoms with E-state index in [9.17, 15) is 4.79 Å². The number of carbonyl (C=O) groups is 1. The molecule has 3 fully saturated rings. The predicted octanol–water partition coefficient (Wildman–Crippen LogP) is 2.63. The molecule has 0 aromatic rings. The predicted molar refractivity (Wildman–Crippen MR) is 126 cm³/mol. The summed E-state index contributed by atoms with van der Waals surface area (Å²) in [5.41, 5.74) is 0. The van der Waals surface area contributed by atoms with Crippen molar-refractivity contribution in [3.8, 4) is 0 Å². The van der Waals surface area contributed by atoms with Crippen LogP contribution in [0.2, 0.25) is 0 Å². The molecule has 1 N–H and O–H groups in total. The summed E-state index contributed by atoms with van der Waals surface area (Å²) in [6, 6.07) is 0. The molecule has 168 valence electrons. The smallest absolute Gasteiger partial charge is 0.251 e. The summed E-state index contributed by atoms with van der Waals surface area (Å²) in [5.74, 6) is 1.10. The van der Waals surface area contributed by atoms with Crippen molar-refractivity contribution in [2.45, 2.75) is 70.5 Å². The second-order valence-electron chi connectivity index (χ2n) is 8.03. The lowest BCUT2D eigenvalue weighted by Crippen LogP contribution is -2.55. The number of hydrogen-bond acceptors (Lipinski definition) is 4. The van der Waals surface area contributed by atoms with Crippen molar-refractivity contribution in [1.29, 1.82) is 0 Å². The average molecular weight is 522 g/mol. The summed E-state index contributed by atoms with van der Waals surface area (Å²) in [7, 11) is 0. The molecule has 0 aromatic carbocycles. The molecule has 1 saturated carbocycles. The van der Waals surface area contributed by atoms with Gasteiger partial charge in [0.1, 0.15) is 6.10 Å². The second-order valence-corrected chi connectivity index (χ2v) is 8.03. The molecular formula is C21H39IN4O3. The molecule has 2 aliphatic heterocycles. The standard InChI is InChI=1S/C21H38N4O3.HI/c1-2-22-21(23-11-17-27-18-8-5-3-4-6-9-18)25-14-12-24(13-15-25)20(26)19-10-7-16-28-19;/h18-19H,2-17H2,1H3,(H,22,23);1H. The molecule has 1 atom stereocenters. The van der Waals surface area contributed by atoms with Gasteiger partial charge in [-0.25, -0.2) is 0 Å². The van der Waals surface area contributed by atoms with E-state index in [-0.39, 0.29) is 36.0 Å². The van der Waals surface area contributed by atoms with Crippen molar-refractivity contribution >= 4 is 35.8 Å². The van der Waals surface area contributed by atoms with Crippen molar-refractivity contribution in [2.75, 3.05) is 52.5 Å². The summed E-state index contributed by atoms with van der Waals surface area (Å²) in [6.07, 6.45) is 9.77. The van der Waals surface area contributed by atoms with E-state index in [1.54, 1.807) is 0 Å². The molecule has 2 heterocycles. The van der Waals surface area contributed by atoms with Crippen LogP contribution in [0.1, 0.15) is 58.3 Å². The molecule has 7 nitrogen and oxygen atoms in total. The highest BCUT2D eigenvalue weighted by Gasteiger charge is 2.30. The number of nitrogens with one attached hydrogen (secondary N) is 1. The minimum absolute atomic E-state index is 0. The minimum atomic E-state index is -0.213. The van der Waals surface area contributed by atoms with E-state index in [1.807, 2.05) is 4.90 Å². The number of hydrogen-bond donors (Lipinski definition) is 1. The molecule has 0 spiro atoms. The first-order valence-electron chi connectivity index (χ1n) is 11.3. The van der Waals surface area contributed by atoms with E-state index in [1.165, 1.54) is 38.5 Å². The number of piperazine rings is 1. The Kier molecular flexibility index (Phi) is 11.6. The Hall–Kier alpha value is -0.610. The van der Waals surface area contributed by atoms with Gasteiger partial charge in [0.05, 0.1) is 19.3 Å². The van der Waals surface area contributed by atoms with Crippen LogP contribution in [0.15, 0.2) is 4.99 Å². The van der Waals surface area contributed by atoms with Gasteiger partial charge in [0.2, 0.25) is 0 Å². The SMILES string of the molecule is CCNC(=NCCOC1CCCCCC1)N1CCN(C(=O)C2CCCO2)CC1.I. The van der Waals surface area contributed by atoms with Gasteiger partial charge < -0.3 is 24.6 Å². The summed E-state index contributed by atoms with van der Waals surface area (Å²) in [6.45, 7) is 8.14. The Morgan fingerprint density at radius 2 is 1.72 bits per heavy atom. The van der Waals surface area contributed by atoms with E-state index in [2.05, 4.69) is 17.1 Å². The van der Waals surface area contributed by atoms with Gasteiger partial charge in [-0.2, -0.15) is 0 Å². The number of nitrogens with zero attached hydrogens (tertiary/aromatic N) is 3. The zero-order valence-electron chi connectivity index (χ0n) is 17.9. The fourth-order valence-electron chi connectivity index (χ4n) is 4.32. The van der Waals surface area contributed by atoms with Crippen molar-refractivity contribution in [3.05, 3.63) is 0 Å². The van der Waals surface area contributed by atoms with Crippen molar-refractivity contribution in [2.24, 2.45) is 4.99 Å². The van der Waals surface area contributed by atoms with Crippen LogP contribution in [-0.4, -0.2) is 86.4 Å². The lowest BCUT2D eigenvalue weighted by atomic mass is 10.1. The molecule has 1 unspecified atom stereocenters.